The summed E-state index contributed by atoms with van der Waals surface area (Å²) in [5.41, 5.74) is 8.25. The number of hydrogen-bond acceptors (Lipinski definition) is 4. The van der Waals surface area contributed by atoms with Crippen molar-refractivity contribution in [1.82, 2.24) is 0 Å². The van der Waals surface area contributed by atoms with Crippen LogP contribution in [-0.4, -0.2) is 26.0 Å². The Morgan fingerprint density at radius 3 is 1.31 bits per heavy atom. The van der Waals surface area contributed by atoms with E-state index in [1.165, 1.54) is 0 Å². The minimum absolute atomic E-state index is 0.268. The van der Waals surface area contributed by atoms with Crippen LogP contribution in [0.4, 0.5) is 11.4 Å². The van der Waals surface area contributed by atoms with Gasteiger partial charge in [0.25, 0.3) is 11.8 Å². The lowest BCUT2D eigenvalue weighted by molar-refractivity contribution is 0.101. The van der Waals surface area contributed by atoms with Crippen LogP contribution in [-0.2, 0) is 5.41 Å². The molecule has 0 aliphatic heterocycles. The van der Waals surface area contributed by atoms with Crippen molar-refractivity contribution < 1.29 is 19.1 Å². The van der Waals surface area contributed by atoms with Crippen LogP contribution in [0.2, 0.25) is 0 Å². The van der Waals surface area contributed by atoms with Gasteiger partial charge in [0.05, 0.1) is 30.8 Å². The van der Waals surface area contributed by atoms with Crippen molar-refractivity contribution in [3.63, 3.8) is 0 Å². The Labute approximate surface area is 301 Å². The maximum atomic E-state index is 13.3. The number of hydrogen-bond donors (Lipinski definition) is 2. The Morgan fingerprint density at radius 1 is 0.531 bits per heavy atom. The summed E-state index contributed by atoms with van der Waals surface area (Å²) in [7, 11) is 3.09. The summed E-state index contributed by atoms with van der Waals surface area (Å²) in [6, 6.07) is 43.6. The van der Waals surface area contributed by atoms with E-state index in [2.05, 4.69) is 115 Å². The number of rotatable bonds is 8. The van der Waals surface area contributed by atoms with Crippen LogP contribution >= 0.6 is 31.9 Å². The molecule has 0 heterocycles. The monoisotopic (exact) mass is 772 g/mol. The average molecular weight is 775 g/mol. The number of nitrogens with one attached hydrogen (secondary N) is 2. The highest BCUT2D eigenvalue weighted by molar-refractivity contribution is 9.10. The van der Waals surface area contributed by atoms with Crippen molar-refractivity contribution in [1.29, 1.82) is 0 Å². The summed E-state index contributed by atoms with van der Waals surface area (Å²) in [5.74, 6) is 0.447. The van der Waals surface area contributed by atoms with E-state index in [4.69, 9.17) is 9.47 Å². The minimum Gasteiger partial charge on any atom is -0.496 e. The molecule has 2 N–H and O–H groups in total. The Morgan fingerprint density at radius 2 is 0.918 bits per heavy atom. The van der Waals surface area contributed by atoms with Crippen LogP contribution in [0.5, 0.6) is 11.5 Å². The molecule has 0 atom stereocenters. The third-order valence-corrected chi connectivity index (χ3v) is 9.90. The highest BCUT2D eigenvalue weighted by Crippen LogP contribution is 2.56. The number of amides is 2. The van der Waals surface area contributed by atoms with Crippen molar-refractivity contribution >= 4 is 55.0 Å². The molecule has 6 aromatic carbocycles. The number of fused-ring (bicyclic) bond motifs is 3. The first-order chi connectivity index (χ1) is 23.8. The highest BCUT2D eigenvalue weighted by atomic mass is 79.9. The summed E-state index contributed by atoms with van der Waals surface area (Å²) in [6.07, 6.45) is 0. The predicted octanol–water partition coefficient (Wildman–Crippen LogP) is 10.1. The molecule has 0 radical (unpaired) electrons. The van der Waals surface area contributed by atoms with Gasteiger partial charge in [0, 0.05) is 20.3 Å². The number of halogens is 2. The summed E-state index contributed by atoms with van der Waals surface area (Å²) in [6.45, 7) is 0. The number of carbonyl (C=O) groups is 2. The molecule has 1 aliphatic rings. The molecule has 2 amide bonds. The van der Waals surface area contributed by atoms with E-state index in [1.807, 2.05) is 36.4 Å². The molecule has 242 valence electrons. The zero-order valence-electron chi connectivity index (χ0n) is 26.6. The van der Waals surface area contributed by atoms with Gasteiger partial charge >= 0.3 is 0 Å². The van der Waals surface area contributed by atoms with Crippen molar-refractivity contribution in [2.24, 2.45) is 0 Å². The normalized spacial score (nSPS) is 12.4. The molecule has 0 fully saturated rings. The van der Waals surface area contributed by atoms with Gasteiger partial charge in [0.15, 0.2) is 0 Å². The summed E-state index contributed by atoms with van der Waals surface area (Å²) < 4.78 is 12.4. The van der Waals surface area contributed by atoms with Gasteiger partial charge in [-0.05, 0) is 94.0 Å². The summed E-state index contributed by atoms with van der Waals surface area (Å²) in [4.78, 5) is 26.6. The van der Waals surface area contributed by atoms with Crippen molar-refractivity contribution in [2.45, 2.75) is 5.41 Å². The molecular formula is C41H30Br2N2O4. The van der Waals surface area contributed by atoms with E-state index < -0.39 is 5.41 Å². The van der Waals surface area contributed by atoms with Gasteiger partial charge in [-0.3, -0.25) is 9.59 Å². The molecular weight excluding hydrogens is 744 g/mol. The van der Waals surface area contributed by atoms with E-state index in [-0.39, 0.29) is 11.8 Å². The summed E-state index contributed by atoms with van der Waals surface area (Å²) >= 11 is 6.91. The maximum Gasteiger partial charge on any atom is 0.259 e. The zero-order chi connectivity index (χ0) is 34.1. The van der Waals surface area contributed by atoms with Gasteiger partial charge in [-0.2, -0.15) is 0 Å². The lowest BCUT2D eigenvalue weighted by Gasteiger charge is -2.34. The van der Waals surface area contributed by atoms with Gasteiger partial charge in [-0.1, -0.05) is 105 Å². The number of benzene rings is 6. The Balaban J connectivity index is 1.28. The fourth-order valence-corrected chi connectivity index (χ4v) is 7.47. The quantitative estimate of drug-likeness (QED) is 0.161. The average Bonchev–Trinajstić information content (AvgIpc) is 3.43. The number of carbonyl (C=O) groups excluding carboxylic acids is 2. The van der Waals surface area contributed by atoms with Crippen molar-refractivity contribution in [2.75, 3.05) is 24.9 Å². The van der Waals surface area contributed by atoms with E-state index in [1.54, 1.807) is 38.5 Å². The third kappa shape index (κ3) is 5.81. The highest BCUT2D eigenvalue weighted by Gasteiger charge is 2.45. The van der Waals surface area contributed by atoms with E-state index in [0.29, 0.717) is 34.0 Å². The molecule has 0 unspecified atom stereocenters. The molecule has 0 saturated carbocycles. The largest absolute Gasteiger partial charge is 0.496 e. The van der Waals surface area contributed by atoms with Gasteiger partial charge < -0.3 is 20.1 Å². The standard InChI is InChI=1S/C41H30Br2N2O4/c1-48-37-21-15-27(42)23-33(37)39(46)44-29-17-11-25(12-18-29)41(35-9-5-3-7-31(35)32-8-4-6-10-36(32)41)26-13-19-30(20-14-26)45-40(47)34-24-28(43)16-22-38(34)49-2/h3-24H,1-2H3,(H,44,46)(H,45,47). The molecule has 6 nitrogen and oxygen atoms in total. The van der Waals surface area contributed by atoms with Gasteiger partial charge in [0.2, 0.25) is 0 Å². The van der Waals surface area contributed by atoms with Gasteiger partial charge in [-0.15, -0.1) is 0 Å². The molecule has 0 aromatic heterocycles. The van der Waals surface area contributed by atoms with Crippen LogP contribution < -0.4 is 20.1 Å². The zero-order valence-corrected chi connectivity index (χ0v) is 29.8. The molecule has 0 saturated heterocycles. The van der Waals surface area contributed by atoms with Crippen LogP contribution in [0.15, 0.2) is 142 Å². The van der Waals surface area contributed by atoms with Gasteiger partial charge in [0.1, 0.15) is 11.5 Å². The fourth-order valence-electron chi connectivity index (χ4n) is 6.74. The first-order valence-corrected chi connectivity index (χ1v) is 17.1. The topological polar surface area (TPSA) is 76.7 Å². The number of anilines is 2. The van der Waals surface area contributed by atoms with Crippen LogP contribution in [0, 0.1) is 0 Å². The Bertz CT molecular complexity index is 2060. The smallest absolute Gasteiger partial charge is 0.259 e. The molecule has 0 spiro atoms. The lowest BCUT2D eigenvalue weighted by atomic mass is 9.67. The van der Waals surface area contributed by atoms with Crippen LogP contribution in [0.1, 0.15) is 43.0 Å². The van der Waals surface area contributed by atoms with Crippen molar-refractivity contribution in [3.8, 4) is 22.6 Å². The Kier molecular flexibility index (Phi) is 8.84. The fraction of sp³-hybridized carbons (Fsp3) is 0.0732. The molecule has 49 heavy (non-hydrogen) atoms. The molecule has 6 aromatic rings. The van der Waals surface area contributed by atoms with E-state index >= 15 is 0 Å². The second kappa shape index (κ2) is 13.4. The van der Waals surface area contributed by atoms with Crippen molar-refractivity contribution in [3.05, 3.63) is 176 Å². The van der Waals surface area contributed by atoms with Crippen LogP contribution in [0.3, 0.4) is 0 Å². The lowest BCUT2D eigenvalue weighted by Crippen LogP contribution is -2.28. The minimum atomic E-state index is -0.653. The number of ether oxygens (including phenoxy) is 2. The number of methoxy groups -OCH3 is 2. The molecule has 8 heteroatoms. The predicted molar refractivity (Wildman–Crippen MR) is 201 cm³/mol. The molecule has 1 aliphatic carbocycles. The van der Waals surface area contributed by atoms with E-state index in [0.717, 1.165) is 42.3 Å². The third-order valence-electron chi connectivity index (χ3n) is 8.92. The first-order valence-electron chi connectivity index (χ1n) is 15.5. The molecule has 7 rings (SSSR count). The van der Waals surface area contributed by atoms with Crippen LogP contribution in [0.25, 0.3) is 11.1 Å². The Hall–Kier alpha value is -5.18. The molecule has 0 bridgehead atoms. The first kappa shape index (κ1) is 32.4. The second-order valence-corrected chi connectivity index (χ2v) is 13.4. The van der Waals surface area contributed by atoms with E-state index in [9.17, 15) is 9.59 Å². The maximum absolute atomic E-state index is 13.3. The summed E-state index contributed by atoms with van der Waals surface area (Å²) in [5, 5.41) is 6.05. The SMILES string of the molecule is COc1ccc(Br)cc1C(=O)Nc1ccc(C2(c3ccc(NC(=O)c4cc(Br)ccc4OC)cc3)c3ccccc3-c3ccccc32)cc1. The van der Waals surface area contributed by atoms with Gasteiger partial charge in [-0.25, -0.2) is 0 Å². The second-order valence-electron chi connectivity index (χ2n) is 11.6.